The molecular formula is C16H28N4O2. The second-order valence-corrected chi connectivity index (χ2v) is 4.78. The van der Waals surface area contributed by atoms with Gasteiger partial charge in [-0.2, -0.15) is 0 Å². The quantitative estimate of drug-likeness (QED) is 0.393. The summed E-state index contributed by atoms with van der Waals surface area (Å²) in [7, 11) is 1.68. The van der Waals surface area contributed by atoms with Gasteiger partial charge in [-0.3, -0.25) is 0 Å². The average Bonchev–Trinajstić information content (AvgIpc) is 2.54. The van der Waals surface area contributed by atoms with Crippen LogP contribution in [0.25, 0.3) is 0 Å². The van der Waals surface area contributed by atoms with E-state index in [4.69, 9.17) is 9.47 Å². The van der Waals surface area contributed by atoms with Gasteiger partial charge in [-0.1, -0.05) is 19.4 Å². The SMILES string of the molecule is CCCCOc1ncccc1CN=C(NCC)NCCOC. The number of rotatable bonds is 10. The van der Waals surface area contributed by atoms with Gasteiger partial charge >= 0.3 is 0 Å². The Morgan fingerprint density at radius 3 is 2.86 bits per heavy atom. The smallest absolute Gasteiger partial charge is 0.218 e. The lowest BCUT2D eigenvalue weighted by molar-refractivity contribution is 0.203. The Morgan fingerprint density at radius 2 is 2.14 bits per heavy atom. The molecule has 0 atom stereocenters. The highest BCUT2D eigenvalue weighted by Crippen LogP contribution is 2.15. The molecule has 0 spiro atoms. The largest absolute Gasteiger partial charge is 0.477 e. The lowest BCUT2D eigenvalue weighted by Gasteiger charge is -2.12. The molecule has 6 nitrogen and oxygen atoms in total. The lowest BCUT2D eigenvalue weighted by Crippen LogP contribution is -2.38. The molecule has 0 amide bonds. The van der Waals surface area contributed by atoms with E-state index in [1.165, 1.54) is 0 Å². The van der Waals surface area contributed by atoms with Crippen LogP contribution in [0.5, 0.6) is 5.88 Å². The third-order valence-electron chi connectivity index (χ3n) is 2.94. The molecule has 0 saturated carbocycles. The molecule has 0 fully saturated rings. The van der Waals surface area contributed by atoms with E-state index >= 15 is 0 Å². The molecule has 1 heterocycles. The standard InChI is InChI=1S/C16H28N4O2/c1-4-6-11-22-15-14(8-7-9-18-15)13-20-16(17-5-2)19-10-12-21-3/h7-9H,4-6,10-13H2,1-3H3,(H2,17,19,20). The van der Waals surface area contributed by atoms with Crippen molar-refractivity contribution in [3.63, 3.8) is 0 Å². The Bertz CT molecular complexity index is 438. The second-order valence-electron chi connectivity index (χ2n) is 4.78. The van der Waals surface area contributed by atoms with Crippen LogP contribution in [0.2, 0.25) is 0 Å². The fourth-order valence-electron chi connectivity index (χ4n) is 1.77. The van der Waals surface area contributed by atoms with E-state index in [9.17, 15) is 0 Å². The van der Waals surface area contributed by atoms with Crippen molar-refractivity contribution < 1.29 is 9.47 Å². The molecule has 1 rings (SSSR count). The van der Waals surface area contributed by atoms with E-state index in [0.717, 1.165) is 37.5 Å². The molecular weight excluding hydrogens is 280 g/mol. The first-order valence-corrected chi connectivity index (χ1v) is 7.89. The van der Waals surface area contributed by atoms with Crippen LogP contribution in [0.4, 0.5) is 0 Å². The second kappa shape index (κ2) is 11.8. The lowest BCUT2D eigenvalue weighted by atomic mass is 10.3. The van der Waals surface area contributed by atoms with Crippen LogP contribution < -0.4 is 15.4 Å². The van der Waals surface area contributed by atoms with Crippen molar-refractivity contribution in [2.45, 2.75) is 33.2 Å². The minimum Gasteiger partial charge on any atom is -0.477 e. The van der Waals surface area contributed by atoms with Crippen LogP contribution in [0.1, 0.15) is 32.3 Å². The summed E-state index contributed by atoms with van der Waals surface area (Å²) in [6.07, 6.45) is 3.88. The summed E-state index contributed by atoms with van der Waals surface area (Å²) in [5.74, 6) is 1.44. The van der Waals surface area contributed by atoms with Gasteiger partial charge in [0.05, 0.1) is 19.8 Å². The third-order valence-corrected chi connectivity index (χ3v) is 2.94. The van der Waals surface area contributed by atoms with Crippen molar-refractivity contribution in [2.75, 3.05) is 33.4 Å². The summed E-state index contributed by atoms with van der Waals surface area (Å²) in [5, 5.41) is 6.42. The first kappa shape index (κ1) is 18.2. The van der Waals surface area contributed by atoms with Crippen LogP contribution in [0.3, 0.4) is 0 Å². The molecule has 6 heteroatoms. The number of guanidine groups is 1. The summed E-state index contributed by atoms with van der Waals surface area (Å²) in [4.78, 5) is 8.86. The van der Waals surface area contributed by atoms with Gasteiger partial charge in [0.15, 0.2) is 5.96 Å². The van der Waals surface area contributed by atoms with Crippen molar-refractivity contribution in [3.8, 4) is 5.88 Å². The fourth-order valence-corrected chi connectivity index (χ4v) is 1.77. The third kappa shape index (κ3) is 7.26. The number of nitrogens with zero attached hydrogens (tertiary/aromatic N) is 2. The van der Waals surface area contributed by atoms with Crippen molar-refractivity contribution in [2.24, 2.45) is 4.99 Å². The zero-order valence-electron chi connectivity index (χ0n) is 13.9. The van der Waals surface area contributed by atoms with Crippen LogP contribution in [0, 0.1) is 0 Å². The minimum atomic E-state index is 0.525. The van der Waals surface area contributed by atoms with Crippen LogP contribution in [-0.2, 0) is 11.3 Å². The highest BCUT2D eigenvalue weighted by atomic mass is 16.5. The Hall–Kier alpha value is -1.82. The molecule has 0 aliphatic heterocycles. The maximum absolute atomic E-state index is 5.73. The number of pyridine rings is 1. The van der Waals surface area contributed by atoms with E-state index in [1.54, 1.807) is 13.3 Å². The number of hydrogen-bond donors (Lipinski definition) is 2. The monoisotopic (exact) mass is 308 g/mol. The topological polar surface area (TPSA) is 67.8 Å². The van der Waals surface area contributed by atoms with E-state index in [0.29, 0.717) is 25.6 Å². The molecule has 0 unspecified atom stereocenters. The molecule has 22 heavy (non-hydrogen) atoms. The molecule has 0 saturated heterocycles. The average molecular weight is 308 g/mol. The molecule has 0 aromatic carbocycles. The molecule has 0 radical (unpaired) electrons. The van der Waals surface area contributed by atoms with E-state index in [2.05, 4.69) is 27.5 Å². The Labute approximate surface area is 133 Å². The molecule has 0 aliphatic rings. The summed E-state index contributed by atoms with van der Waals surface area (Å²) >= 11 is 0. The molecule has 1 aromatic heterocycles. The minimum absolute atomic E-state index is 0.525. The van der Waals surface area contributed by atoms with Gasteiger partial charge in [-0.25, -0.2) is 9.98 Å². The van der Waals surface area contributed by atoms with Crippen molar-refractivity contribution in [1.82, 2.24) is 15.6 Å². The van der Waals surface area contributed by atoms with Crippen LogP contribution in [0.15, 0.2) is 23.3 Å². The number of aliphatic imine (C=N–C) groups is 1. The number of ether oxygens (including phenoxy) is 2. The maximum Gasteiger partial charge on any atom is 0.218 e. The molecule has 0 bridgehead atoms. The zero-order chi connectivity index (χ0) is 16.0. The molecule has 1 aromatic rings. The fraction of sp³-hybridized carbons (Fsp3) is 0.625. The number of unbranched alkanes of at least 4 members (excludes halogenated alkanes) is 1. The zero-order valence-corrected chi connectivity index (χ0v) is 13.9. The Morgan fingerprint density at radius 1 is 1.27 bits per heavy atom. The summed E-state index contributed by atoms with van der Waals surface area (Å²) in [6, 6.07) is 3.90. The number of aromatic nitrogens is 1. The maximum atomic E-state index is 5.73. The van der Waals surface area contributed by atoms with E-state index < -0.39 is 0 Å². The molecule has 0 aliphatic carbocycles. The summed E-state index contributed by atoms with van der Waals surface area (Å²) in [5.41, 5.74) is 0.988. The number of methoxy groups -OCH3 is 1. The van der Waals surface area contributed by atoms with Gasteiger partial charge in [0.2, 0.25) is 5.88 Å². The number of hydrogen-bond acceptors (Lipinski definition) is 4. The van der Waals surface area contributed by atoms with Crippen LogP contribution in [-0.4, -0.2) is 44.4 Å². The van der Waals surface area contributed by atoms with Gasteiger partial charge in [-0.15, -0.1) is 0 Å². The summed E-state index contributed by atoms with van der Waals surface area (Å²) in [6.45, 7) is 7.57. The van der Waals surface area contributed by atoms with Gasteiger partial charge in [-0.05, 0) is 19.4 Å². The number of nitrogens with one attached hydrogen (secondary N) is 2. The molecule has 2 N–H and O–H groups in total. The van der Waals surface area contributed by atoms with Gasteiger partial charge in [0.25, 0.3) is 0 Å². The van der Waals surface area contributed by atoms with Gasteiger partial charge in [0, 0.05) is 32.0 Å². The van der Waals surface area contributed by atoms with Crippen molar-refractivity contribution >= 4 is 5.96 Å². The Kier molecular flexibility index (Phi) is 9.78. The highest BCUT2D eigenvalue weighted by Gasteiger charge is 2.05. The Balaban J connectivity index is 2.63. The van der Waals surface area contributed by atoms with E-state index in [1.807, 2.05) is 19.1 Å². The predicted molar refractivity (Wildman–Crippen MR) is 89.3 cm³/mol. The normalized spacial score (nSPS) is 11.3. The summed E-state index contributed by atoms with van der Waals surface area (Å²) < 4.78 is 10.8. The van der Waals surface area contributed by atoms with E-state index in [-0.39, 0.29) is 0 Å². The predicted octanol–water partition coefficient (Wildman–Crippen LogP) is 1.96. The van der Waals surface area contributed by atoms with Crippen molar-refractivity contribution in [3.05, 3.63) is 23.9 Å². The highest BCUT2D eigenvalue weighted by molar-refractivity contribution is 5.79. The molecule has 124 valence electrons. The van der Waals surface area contributed by atoms with Crippen molar-refractivity contribution in [1.29, 1.82) is 0 Å². The first-order valence-electron chi connectivity index (χ1n) is 7.89. The van der Waals surface area contributed by atoms with Gasteiger partial charge < -0.3 is 20.1 Å². The van der Waals surface area contributed by atoms with Crippen LogP contribution >= 0.6 is 0 Å². The first-order chi connectivity index (χ1) is 10.8. The van der Waals surface area contributed by atoms with Gasteiger partial charge in [0.1, 0.15) is 0 Å².